The van der Waals surface area contributed by atoms with Crippen molar-refractivity contribution in [2.24, 2.45) is 0 Å². The Balaban J connectivity index is 1.62. The molecule has 2 fully saturated rings. The molecule has 6 heteroatoms. The summed E-state index contributed by atoms with van der Waals surface area (Å²) in [7, 11) is 0. The fourth-order valence-electron chi connectivity index (χ4n) is 3.56. The van der Waals surface area contributed by atoms with Crippen LogP contribution in [0.25, 0.3) is 0 Å². The molecule has 1 amide bonds. The number of nitrogens with zero attached hydrogens (tertiary/aromatic N) is 3. The summed E-state index contributed by atoms with van der Waals surface area (Å²) >= 11 is 0. The van der Waals surface area contributed by atoms with E-state index in [9.17, 15) is 4.79 Å². The molecule has 0 bridgehead atoms. The molecule has 2 aliphatic heterocycles. The number of carbonyl (C=O) groups excluding carboxylic acids is 1. The van der Waals surface area contributed by atoms with E-state index < -0.39 is 0 Å². The molecule has 1 aromatic rings. The van der Waals surface area contributed by atoms with Crippen molar-refractivity contribution in [1.82, 2.24) is 14.7 Å². The average molecular weight is 320 g/mol. The van der Waals surface area contributed by atoms with Crippen LogP contribution in [-0.4, -0.2) is 51.9 Å². The number of likely N-dealkylation sites (tertiary alicyclic amines) is 1. The molecule has 23 heavy (non-hydrogen) atoms. The SMILES string of the molecule is CCN1CCC(n2nccc2NC(=O)C2CCC(C)(C)O2)CC1. The molecule has 0 aromatic carbocycles. The molecule has 0 radical (unpaired) electrons. The number of piperidine rings is 1. The number of hydrogen-bond donors (Lipinski definition) is 1. The van der Waals surface area contributed by atoms with E-state index >= 15 is 0 Å². The van der Waals surface area contributed by atoms with Crippen molar-refractivity contribution < 1.29 is 9.53 Å². The van der Waals surface area contributed by atoms with Crippen LogP contribution in [0.4, 0.5) is 5.82 Å². The summed E-state index contributed by atoms with van der Waals surface area (Å²) in [4.78, 5) is 14.9. The van der Waals surface area contributed by atoms with Gasteiger partial charge in [-0.25, -0.2) is 4.68 Å². The summed E-state index contributed by atoms with van der Waals surface area (Å²) in [5.41, 5.74) is -0.199. The van der Waals surface area contributed by atoms with Gasteiger partial charge in [-0.15, -0.1) is 0 Å². The number of hydrogen-bond acceptors (Lipinski definition) is 4. The molecule has 0 aliphatic carbocycles. The summed E-state index contributed by atoms with van der Waals surface area (Å²) < 4.78 is 7.80. The third-order valence-electron chi connectivity index (χ3n) is 5.03. The third-order valence-corrected chi connectivity index (χ3v) is 5.03. The van der Waals surface area contributed by atoms with Crippen molar-refractivity contribution in [3.8, 4) is 0 Å². The van der Waals surface area contributed by atoms with Gasteiger partial charge >= 0.3 is 0 Å². The second kappa shape index (κ2) is 6.61. The Morgan fingerprint density at radius 3 is 2.74 bits per heavy atom. The van der Waals surface area contributed by atoms with E-state index in [1.165, 1.54) is 0 Å². The van der Waals surface area contributed by atoms with Crippen molar-refractivity contribution in [1.29, 1.82) is 0 Å². The van der Waals surface area contributed by atoms with Crippen molar-refractivity contribution >= 4 is 11.7 Å². The lowest BCUT2D eigenvalue weighted by molar-refractivity contribution is -0.130. The molecule has 0 saturated carbocycles. The van der Waals surface area contributed by atoms with Crippen LogP contribution < -0.4 is 5.32 Å². The van der Waals surface area contributed by atoms with Gasteiger partial charge in [0.2, 0.25) is 0 Å². The van der Waals surface area contributed by atoms with Crippen molar-refractivity contribution in [2.75, 3.05) is 25.0 Å². The van der Waals surface area contributed by atoms with Gasteiger partial charge in [0.25, 0.3) is 5.91 Å². The van der Waals surface area contributed by atoms with E-state index in [4.69, 9.17) is 4.74 Å². The second-order valence-corrected chi connectivity index (χ2v) is 7.22. The van der Waals surface area contributed by atoms with Crippen molar-refractivity contribution in [3.05, 3.63) is 12.3 Å². The summed E-state index contributed by atoms with van der Waals surface area (Å²) in [6, 6.07) is 2.24. The number of amides is 1. The van der Waals surface area contributed by atoms with Crippen LogP contribution >= 0.6 is 0 Å². The van der Waals surface area contributed by atoms with Crippen LogP contribution in [-0.2, 0) is 9.53 Å². The number of carbonyl (C=O) groups is 1. The molecule has 128 valence electrons. The molecule has 3 rings (SSSR count). The first-order valence-corrected chi connectivity index (χ1v) is 8.73. The first kappa shape index (κ1) is 16.5. The minimum absolute atomic E-state index is 0.0525. The molecule has 1 unspecified atom stereocenters. The van der Waals surface area contributed by atoms with E-state index in [-0.39, 0.29) is 17.6 Å². The molecule has 1 aromatic heterocycles. The maximum Gasteiger partial charge on any atom is 0.254 e. The molecular formula is C17H28N4O2. The Morgan fingerprint density at radius 1 is 1.39 bits per heavy atom. The Bertz CT molecular complexity index is 547. The number of nitrogens with one attached hydrogen (secondary N) is 1. The maximum absolute atomic E-state index is 12.4. The van der Waals surface area contributed by atoms with E-state index in [1.807, 2.05) is 24.6 Å². The number of anilines is 1. The highest BCUT2D eigenvalue weighted by Gasteiger charge is 2.36. The second-order valence-electron chi connectivity index (χ2n) is 7.22. The monoisotopic (exact) mass is 320 g/mol. The summed E-state index contributed by atoms with van der Waals surface area (Å²) in [6.07, 6.45) is 5.26. The Labute approximate surface area is 138 Å². The van der Waals surface area contributed by atoms with Gasteiger partial charge in [-0.05, 0) is 46.1 Å². The predicted octanol–water partition coefficient (Wildman–Crippen LogP) is 2.44. The van der Waals surface area contributed by atoms with Gasteiger partial charge in [-0.3, -0.25) is 4.79 Å². The van der Waals surface area contributed by atoms with Gasteiger partial charge in [-0.1, -0.05) is 6.92 Å². The van der Waals surface area contributed by atoms with E-state index in [2.05, 4.69) is 22.2 Å². The lowest BCUT2D eigenvalue weighted by Gasteiger charge is -2.31. The molecule has 2 saturated heterocycles. The van der Waals surface area contributed by atoms with Crippen LogP contribution in [0.15, 0.2) is 12.3 Å². The van der Waals surface area contributed by atoms with Crippen LogP contribution in [0.2, 0.25) is 0 Å². The topological polar surface area (TPSA) is 59.4 Å². The normalized spacial score (nSPS) is 25.6. The van der Waals surface area contributed by atoms with Crippen LogP contribution in [0, 0.1) is 0 Å². The lowest BCUT2D eigenvalue weighted by Crippen LogP contribution is -2.36. The fourth-order valence-corrected chi connectivity index (χ4v) is 3.56. The third kappa shape index (κ3) is 3.75. The average Bonchev–Trinajstić information content (AvgIpc) is 3.13. The molecule has 6 nitrogen and oxygen atoms in total. The quantitative estimate of drug-likeness (QED) is 0.926. The van der Waals surface area contributed by atoms with Gasteiger partial charge in [-0.2, -0.15) is 5.10 Å². The van der Waals surface area contributed by atoms with E-state index in [1.54, 1.807) is 6.20 Å². The number of rotatable bonds is 4. The Hall–Kier alpha value is -1.40. The highest BCUT2D eigenvalue weighted by Crippen LogP contribution is 2.30. The summed E-state index contributed by atoms with van der Waals surface area (Å²) in [6.45, 7) is 9.55. The summed E-state index contributed by atoms with van der Waals surface area (Å²) in [5, 5.41) is 7.46. The molecule has 3 heterocycles. The van der Waals surface area contributed by atoms with Crippen LogP contribution in [0.3, 0.4) is 0 Å². The zero-order valence-corrected chi connectivity index (χ0v) is 14.4. The molecule has 1 atom stereocenters. The minimum Gasteiger partial charge on any atom is -0.363 e. The van der Waals surface area contributed by atoms with Gasteiger partial charge in [0.1, 0.15) is 11.9 Å². The molecule has 0 spiro atoms. The lowest BCUT2D eigenvalue weighted by atomic mass is 10.1. The highest BCUT2D eigenvalue weighted by atomic mass is 16.5. The van der Waals surface area contributed by atoms with E-state index in [0.717, 1.165) is 51.1 Å². The Morgan fingerprint density at radius 2 is 2.13 bits per heavy atom. The predicted molar refractivity (Wildman–Crippen MR) is 89.4 cm³/mol. The zero-order chi connectivity index (χ0) is 16.4. The van der Waals surface area contributed by atoms with Crippen LogP contribution in [0.1, 0.15) is 52.5 Å². The molecule has 1 N–H and O–H groups in total. The summed E-state index contributed by atoms with van der Waals surface area (Å²) in [5.74, 6) is 0.738. The van der Waals surface area contributed by atoms with Gasteiger partial charge in [0.15, 0.2) is 0 Å². The highest BCUT2D eigenvalue weighted by molar-refractivity contribution is 5.93. The number of aromatic nitrogens is 2. The first-order valence-electron chi connectivity index (χ1n) is 8.73. The smallest absolute Gasteiger partial charge is 0.254 e. The fraction of sp³-hybridized carbons (Fsp3) is 0.765. The number of ether oxygens (including phenoxy) is 1. The van der Waals surface area contributed by atoms with Gasteiger partial charge in [0.05, 0.1) is 17.8 Å². The van der Waals surface area contributed by atoms with Crippen LogP contribution in [0.5, 0.6) is 0 Å². The first-order chi connectivity index (χ1) is 11.0. The maximum atomic E-state index is 12.4. The van der Waals surface area contributed by atoms with Gasteiger partial charge in [0, 0.05) is 19.2 Å². The van der Waals surface area contributed by atoms with E-state index in [0.29, 0.717) is 6.04 Å². The zero-order valence-electron chi connectivity index (χ0n) is 14.4. The standard InChI is InChI=1S/C17H28N4O2/c1-4-20-11-7-13(8-12-20)21-15(6-10-18-21)19-16(22)14-5-9-17(2,3)23-14/h6,10,13-14H,4-5,7-9,11-12H2,1-3H3,(H,19,22). The van der Waals surface area contributed by atoms with Crippen molar-refractivity contribution in [3.63, 3.8) is 0 Å². The largest absolute Gasteiger partial charge is 0.363 e. The van der Waals surface area contributed by atoms with Crippen molar-refractivity contribution in [2.45, 2.75) is 64.2 Å². The molecular weight excluding hydrogens is 292 g/mol. The van der Waals surface area contributed by atoms with Gasteiger partial charge < -0.3 is 15.0 Å². The Kier molecular flexibility index (Phi) is 4.73. The molecule has 2 aliphatic rings. The minimum atomic E-state index is -0.352.